The molecule has 8 nitrogen and oxygen atoms in total. The van der Waals surface area contributed by atoms with Crippen LogP contribution >= 0.6 is 0 Å². The number of hydrogen-bond acceptors (Lipinski definition) is 5. The van der Waals surface area contributed by atoms with E-state index in [0.717, 1.165) is 18.2 Å². The van der Waals surface area contributed by atoms with Gasteiger partial charge >= 0.3 is 0 Å². The predicted octanol–water partition coefficient (Wildman–Crippen LogP) is 1.64. The first-order valence-corrected chi connectivity index (χ1v) is 5.06. The van der Waals surface area contributed by atoms with E-state index in [1.165, 1.54) is 0 Å². The average molecular weight is 253 g/mol. The number of nitrogens with zero attached hydrogens (tertiary/aromatic N) is 2. The topological polar surface area (TPSA) is 115 Å². The van der Waals surface area contributed by atoms with Crippen molar-refractivity contribution in [1.29, 1.82) is 0 Å². The smallest absolute Gasteiger partial charge is 0.289 e. The normalized spacial score (nSPS) is 10.2. The molecule has 1 rings (SSSR count). The van der Waals surface area contributed by atoms with Crippen molar-refractivity contribution < 1.29 is 14.6 Å². The highest BCUT2D eigenvalue weighted by atomic mass is 16.6. The van der Waals surface area contributed by atoms with E-state index in [1.54, 1.807) is 13.8 Å². The predicted molar refractivity (Wildman–Crippen MR) is 62.4 cm³/mol. The van der Waals surface area contributed by atoms with Crippen LogP contribution in [0.1, 0.15) is 24.2 Å². The number of nitro groups is 2. The molecule has 0 spiro atoms. The SMILES string of the molecule is CC(C)NC(=O)c1ccc([N+](=O)[O-])cc1[N+](=O)[O-]. The highest BCUT2D eigenvalue weighted by Crippen LogP contribution is 2.24. The number of carbonyl (C=O) groups is 1. The van der Waals surface area contributed by atoms with Crippen LogP contribution in [-0.4, -0.2) is 21.8 Å². The summed E-state index contributed by atoms with van der Waals surface area (Å²) < 4.78 is 0. The Morgan fingerprint density at radius 2 is 1.83 bits per heavy atom. The van der Waals surface area contributed by atoms with E-state index in [1.807, 2.05) is 0 Å². The standard InChI is InChI=1S/C10H11N3O5/c1-6(2)11-10(14)8-4-3-7(12(15)16)5-9(8)13(17)18/h3-6H,1-2H3,(H,11,14). The summed E-state index contributed by atoms with van der Waals surface area (Å²) in [6.45, 7) is 3.41. The summed E-state index contributed by atoms with van der Waals surface area (Å²) in [6.07, 6.45) is 0. The van der Waals surface area contributed by atoms with E-state index in [9.17, 15) is 25.0 Å². The van der Waals surface area contributed by atoms with Crippen LogP contribution < -0.4 is 5.32 Å². The van der Waals surface area contributed by atoms with Gasteiger partial charge < -0.3 is 5.32 Å². The maximum atomic E-state index is 11.7. The largest absolute Gasteiger partial charge is 0.350 e. The summed E-state index contributed by atoms with van der Waals surface area (Å²) in [7, 11) is 0. The molecule has 1 aromatic carbocycles. The highest BCUT2D eigenvalue weighted by molar-refractivity contribution is 5.98. The van der Waals surface area contributed by atoms with Gasteiger partial charge in [0, 0.05) is 12.1 Å². The van der Waals surface area contributed by atoms with Gasteiger partial charge in [0.1, 0.15) is 5.56 Å². The summed E-state index contributed by atoms with van der Waals surface area (Å²) in [6, 6.07) is 2.72. The maximum absolute atomic E-state index is 11.7. The molecule has 8 heteroatoms. The van der Waals surface area contributed by atoms with Gasteiger partial charge in [0.15, 0.2) is 0 Å². The number of rotatable bonds is 4. The molecule has 1 amide bonds. The number of carbonyl (C=O) groups excluding carboxylic acids is 1. The lowest BCUT2D eigenvalue weighted by Gasteiger charge is -2.08. The lowest BCUT2D eigenvalue weighted by molar-refractivity contribution is -0.394. The Labute approximate surface area is 102 Å². The zero-order chi connectivity index (χ0) is 13.9. The fourth-order valence-electron chi connectivity index (χ4n) is 1.32. The molecule has 18 heavy (non-hydrogen) atoms. The van der Waals surface area contributed by atoms with Gasteiger partial charge in [0.2, 0.25) is 0 Å². The zero-order valence-electron chi connectivity index (χ0n) is 9.75. The Kier molecular flexibility index (Phi) is 3.93. The Bertz CT molecular complexity index is 512. The molecule has 0 fully saturated rings. The van der Waals surface area contributed by atoms with Crippen molar-refractivity contribution in [1.82, 2.24) is 5.32 Å². The molecule has 0 radical (unpaired) electrons. The summed E-state index contributed by atoms with van der Waals surface area (Å²) in [4.78, 5) is 31.4. The quantitative estimate of drug-likeness (QED) is 0.646. The van der Waals surface area contributed by atoms with Gasteiger partial charge in [-0.1, -0.05) is 0 Å². The molecule has 0 aliphatic heterocycles. The fraction of sp³-hybridized carbons (Fsp3) is 0.300. The van der Waals surface area contributed by atoms with Crippen molar-refractivity contribution in [2.45, 2.75) is 19.9 Å². The van der Waals surface area contributed by atoms with Crippen molar-refractivity contribution in [2.24, 2.45) is 0 Å². The van der Waals surface area contributed by atoms with Crippen LogP contribution in [0.2, 0.25) is 0 Å². The molecule has 0 unspecified atom stereocenters. The second kappa shape index (κ2) is 5.21. The first-order valence-electron chi connectivity index (χ1n) is 5.06. The van der Waals surface area contributed by atoms with Gasteiger partial charge in [-0.05, 0) is 19.9 Å². The molecule has 0 heterocycles. The Morgan fingerprint density at radius 1 is 1.22 bits per heavy atom. The third-order valence-corrected chi connectivity index (χ3v) is 2.05. The molecule has 0 saturated carbocycles. The Morgan fingerprint density at radius 3 is 2.28 bits per heavy atom. The van der Waals surface area contributed by atoms with Crippen LogP contribution in [0.15, 0.2) is 18.2 Å². The van der Waals surface area contributed by atoms with Crippen LogP contribution in [0, 0.1) is 20.2 Å². The Hall–Kier alpha value is -2.51. The van der Waals surface area contributed by atoms with E-state index >= 15 is 0 Å². The van der Waals surface area contributed by atoms with E-state index < -0.39 is 27.1 Å². The molecule has 96 valence electrons. The third kappa shape index (κ3) is 3.00. The summed E-state index contributed by atoms with van der Waals surface area (Å²) >= 11 is 0. The summed E-state index contributed by atoms with van der Waals surface area (Å²) in [5.74, 6) is -0.633. The maximum Gasteiger partial charge on any atom is 0.289 e. The first kappa shape index (κ1) is 13.6. The van der Waals surface area contributed by atoms with Gasteiger partial charge in [-0.2, -0.15) is 0 Å². The van der Waals surface area contributed by atoms with E-state index in [-0.39, 0.29) is 11.6 Å². The Balaban J connectivity index is 3.23. The molecule has 0 aliphatic carbocycles. The van der Waals surface area contributed by atoms with Crippen molar-refractivity contribution in [3.05, 3.63) is 44.0 Å². The van der Waals surface area contributed by atoms with Crippen molar-refractivity contribution in [3.63, 3.8) is 0 Å². The molecule has 0 saturated heterocycles. The van der Waals surface area contributed by atoms with Gasteiger partial charge in [-0.25, -0.2) is 0 Å². The molecule has 0 aliphatic rings. The minimum atomic E-state index is -0.817. The summed E-state index contributed by atoms with van der Waals surface area (Å²) in [5.41, 5.74) is -1.20. The lowest BCUT2D eigenvalue weighted by atomic mass is 10.1. The molecular formula is C10H11N3O5. The van der Waals surface area contributed by atoms with Crippen molar-refractivity contribution in [3.8, 4) is 0 Å². The number of nitrogens with one attached hydrogen (secondary N) is 1. The average Bonchev–Trinajstić information content (AvgIpc) is 2.26. The van der Waals surface area contributed by atoms with Crippen LogP contribution in [0.5, 0.6) is 0 Å². The van der Waals surface area contributed by atoms with Gasteiger partial charge in [0.25, 0.3) is 17.3 Å². The highest BCUT2D eigenvalue weighted by Gasteiger charge is 2.24. The van der Waals surface area contributed by atoms with Gasteiger partial charge in [-0.3, -0.25) is 25.0 Å². The lowest BCUT2D eigenvalue weighted by Crippen LogP contribution is -2.30. The molecule has 1 aromatic rings. The number of benzene rings is 1. The van der Waals surface area contributed by atoms with Crippen LogP contribution in [0.4, 0.5) is 11.4 Å². The van der Waals surface area contributed by atoms with Crippen molar-refractivity contribution >= 4 is 17.3 Å². The minimum Gasteiger partial charge on any atom is -0.350 e. The zero-order valence-corrected chi connectivity index (χ0v) is 9.75. The van der Waals surface area contributed by atoms with E-state index in [0.29, 0.717) is 0 Å². The van der Waals surface area contributed by atoms with Gasteiger partial charge in [-0.15, -0.1) is 0 Å². The van der Waals surface area contributed by atoms with E-state index in [4.69, 9.17) is 0 Å². The molecule has 1 N–H and O–H groups in total. The van der Waals surface area contributed by atoms with Gasteiger partial charge in [0.05, 0.1) is 15.9 Å². The number of hydrogen-bond donors (Lipinski definition) is 1. The van der Waals surface area contributed by atoms with E-state index in [2.05, 4.69) is 5.32 Å². The summed E-state index contributed by atoms with van der Waals surface area (Å²) in [5, 5.41) is 23.8. The monoisotopic (exact) mass is 253 g/mol. The second-order valence-electron chi connectivity index (χ2n) is 3.84. The molecular weight excluding hydrogens is 242 g/mol. The van der Waals surface area contributed by atoms with Crippen LogP contribution in [0.3, 0.4) is 0 Å². The minimum absolute atomic E-state index is 0.188. The van der Waals surface area contributed by atoms with Crippen molar-refractivity contribution in [2.75, 3.05) is 0 Å². The molecule has 0 bridgehead atoms. The fourth-order valence-corrected chi connectivity index (χ4v) is 1.32. The molecule has 0 aromatic heterocycles. The third-order valence-electron chi connectivity index (χ3n) is 2.05. The number of nitro benzene ring substituents is 2. The van der Waals surface area contributed by atoms with Crippen LogP contribution in [-0.2, 0) is 0 Å². The second-order valence-corrected chi connectivity index (χ2v) is 3.84. The number of amides is 1. The van der Waals surface area contributed by atoms with Crippen LogP contribution in [0.25, 0.3) is 0 Å². The number of non-ortho nitro benzene ring substituents is 1. The first-order chi connectivity index (χ1) is 8.32. The molecule has 0 atom stereocenters.